The van der Waals surface area contributed by atoms with E-state index in [9.17, 15) is 4.39 Å². The molecule has 3 rings (SSSR count). The van der Waals surface area contributed by atoms with Gasteiger partial charge in [-0.1, -0.05) is 18.2 Å². The van der Waals surface area contributed by atoms with Gasteiger partial charge in [-0.05, 0) is 30.3 Å². The molecule has 0 aliphatic carbocycles. The molecule has 0 fully saturated rings. The number of hydrazone groups is 1. The molecule has 0 unspecified atom stereocenters. The second-order valence-electron chi connectivity index (χ2n) is 4.03. The smallest absolute Gasteiger partial charge is 0.134 e. The summed E-state index contributed by atoms with van der Waals surface area (Å²) in [6.07, 6.45) is 2.99. The Kier molecular flexibility index (Phi) is 2.98. The average molecular weight is 254 g/mol. The second kappa shape index (κ2) is 4.94. The molecular weight excluding hydrogens is 243 g/mol. The first-order chi connectivity index (χ1) is 9.34. The number of benzene rings is 2. The quantitative estimate of drug-likeness (QED) is 0.566. The van der Waals surface area contributed by atoms with E-state index in [1.165, 1.54) is 18.5 Å². The van der Waals surface area contributed by atoms with E-state index < -0.39 is 0 Å². The van der Waals surface area contributed by atoms with Crippen molar-refractivity contribution in [2.24, 2.45) is 5.10 Å². The number of anilines is 1. The van der Waals surface area contributed by atoms with Gasteiger partial charge in [-0.2, -0.15) is 5.10 Å². The van der Waals surface area contributed by atoms with E-state index in [4.69, 9.17) is 4.42 Å². The van der Waals surface area contributed by atoms with Gasteiger partial charge in [-0.15, -0.1) is 0 Å². The third-order valence-corrected chi connectivity index (χ3v) is 2.78. The maximum atomic E-state index is 13.8. The van der Waals surface area contributed by atoms with E-state index >= 15 is 0 Å². The maximum absolute atomic E-state index is 13.8. The maximum Gasteiger partial charge on any atom is 0.134 e. The summed E-state index contributed by atoms with van der Waals surface area (Å²) >= 11 is 0. The number of nitrogens with one attached hydrogen (secondary N) is 1. The highest BCUT2D eigenvalue weighted by atomic mass is 19.1. The van der Waals surface area contributed by atoms with Crippen LogP contribution >= 0.6 is 0 Å². The topological polar surface area (TPSA) is 37.5 Å². The molecule has 0 radical (unpaired) electrons. The minimum atomic E-state index is -0.326. The van der Waals surface area contributed by atoms with Crippen molar-refractivity contribution in [2.75, 3.05) is 5.43 Å². The van der Waals surface area contributed by atoms with Crippen molar-refractivity contribution < 1.29 is 8.81 Å². The van der Waals surface area contributed by atoms with Crippen molar-refractivity contribution in [3.63, 3.8) is 0 Å². The van der Waals surface area contributed by atoms with Gasteiger partial charge >= 0.3 is 0 Å². The fourth-order valence-electron chi connectivity index (χ4n) is 1.86. The van der Waals surface area contributed by atoms with Crippen LogP contribution in [0.25, 0.3) is 11.0 Å². The Morgan fingerprint density at radius 1 is 1.05 bits per heavy atom. The number of nitrogens with zero attached hydrogens (tertiary/aromatic N) is 1. The Hall–Kier alpha value is -2.62. The number of fused-ring (bicyclic) bond motifs is 1. The number of hydrogen-bond acceptors (Lipinski definition) is 3. The minimum Gasteiger partial charge on any atom is -0.464 e. The molecule has 94 valence electrons. The predicted octanol–water partition coefficient (Wildman–Crippen LogP) is 4.02. The zero-order chi connectivity index (χ0) is 13.1. The Balaban J connectivity index is 1.89. The van der Waals surface area contributed by atoms with Crippen molar-refractivity contribution in [3.05, 3.63) is 66.2 Å². The number of para-hydroxylation sites is 1. The molecule has 0 atom stereocenters. The van der Waals surface area contributed by atoms with Crippen LogP contribution in [0.3, 0.4) is 0 Å². The van der Waals surface area contributed by atoms with Crippen molar-refractivity contribution in [1.82, 2.24) is 0 Å². The first-order valence-electron chi connectivity index (χ1n) is 5.84. The Morgan fingerprint density at radius 2 is 1.89 bits per heavy atom. The SMILES string of the molecule is Fc1ccc2occc2c1C=NNc1ccccc1. The summed E-state index contributed by atoms with van der Waals surface area (Å²) in [6, 6.07) is 14.2. The number of rotatable bonds is 3. The molecule has 4 heteroatoms. The third kappa shape index (κ3) is 2.33. The van der Waals surface area contributed by atoms with E-state index in [0.717, 1.165) is 5.69 Å². The largest absolute Gasteiger partial charge is 0.464 e. The Morgan fingerprint density at radius 3 is 2.74 bits per heavy atom. The first-order valence-corrected chi connectivity index (χ1v) is 5.84. The number of hydrogen-bond donors (Lipinski definition) is 1. The van der Waals surface area contributed by atoms with Gasteiger partial charge in [-0.3, -0.25) is 5.43 Å². The van der Waals surface area contributed by atoms with E-state index in [2.05, 4.69) is 10.5 Å². The molecule has 19 heavy (non-hydrogen) atoms. The highest BCUT2D eigenvalue weighted by molar-refractivity contribution is 5.98. The summed E-state index contributed by atoms with van der Waals surface area (Å²) < 4.78 is 19.0. The van der Waals surface area contributed by atoms with Gasteiger partial charge in [0, 0.05) is 10.9 Å². The van der Waals surface area contributed by atoms with Gasteiger partial charge in [0.2, 0.25) is 0 Å². The predicted molar refractivity (Wildman–Crippen MR) is 73.8 cm³/mol. The molecule has 0 bridgehead atoms. The highest BCUT2D eigenvalue weighted by Crippen LogP contribution is 2.21. The summed E-state index contributed by atoms with van der Waals surface area (Å²) in [5, 5.41) is 4.75. The third-order valence-electron chi connectivity index (χ3n) is 2.78. The molecule has 0 saturated carbocycles. The lowest BCUT2D eigenvalue weighted by Crippen LogP contribution is -1.93. The van der Waals surface area contributed by atoms with Crippen LogP contribution in [-0.4, -0.2) is 6.21 Å². The zero-order valence-corrected chi connectivity index (χ0v) is 10.0. The molecule has 0 aliphatic heterocycles. The van der Waals surface area contributed by atoms with E-state index in [1.54, 1.807) is 12.1 Å². The standard InChI is InChI=1S/C15H11FN2O/c16-14-6-7-15-12(8-9-19-15)13(14)10-17-18-11-4-2-1-3-5-11/h1-10,18H. The van der Waals surface area contributed by atoms with E-state index in [-0.39, 0.29) is 5.82 Å². The summed E-state index contributed by atoms with van der Waals surface area (Å²) in [5.74, 6) is -0.326. The molecule has 2 aromatic carbocycles. The fourth-order valence-corrected chi connectivity index (χ4v) is 1.86. The van der Waals surface area contributed by atoms with Crippen molar-refractivity contribution in [1.29, 1.82) is 0 Å². The molecule has 1 N–H and O–H groups in total. The molecule has 3 aromatic rings. The molecule has 0 amide bonds. The lowest BCUT2D eigenvalue weighted by molar-refractivity contribution is 0.609. The normalized spacial score (nSPS) is 11.2. The molecule has 3 nitrogen and oxygen atoms in total. The summed E-state index contributed by atoms with van der Waals surface area (Å²) in [7, 11) is 0. The van der Waals surface area contributed by atoms with Crippen molar-refractivity contribution >= 4 is 22.9 Å². The summed E-state index contributed by atoms with van der Waals surface area (Å²) in [6.45, 7) is 0. The van der Waals surface area contributed by atoms with Crippen LogP contribution in [0.15, 0.2) is 64.3 Å². The zero-order valence-electron chi connectivity index (χ0n) is 10.0. The van der Waals surface area contributed by atoms with E-state index in [1.807, 2.05) is 30.3 Å². The highest BCUT2D eigenvalue weighted by Gasteiger charge is 2.07. The van der Waals surface area contributed by atoms with Gasteiger partial charge in [0.05, 0.1) is 18.2 Å². The summed E-state index contributed by atoms with van der Waals surface area (Å²) in [5.41, 5.74) is 4.75. The monoisotopic (exact) mass is 254 g/mol. The Bertz CT molecular complexity index is 719. The number of furan rings is 1. The van der Waals surface area contributed by atoms with Gasteiger partial charge in [-0.25, -0.2) is 4.39 Å². The van der Waals surface area contributed by atoms with Crippen LogP contribution in [0.2, 0.25) is 0 Å². The lowest BCUT2D eigenvalue weighted by Gasteiger charge is -2.00. The Labute approximate surface area is 109 Å². The average Bonchev–Trinajstić information content (AvgIpc) is 2.91. The molecule has 0 aliphatic rings. The van der Waals surface area contributed by atoms with Crippen LogP contribution in [0.5, 0.6) is 0 Å². The molecular formula is C15H11FN2O. The van der Waals surface area contributed by atoms with Gasteiger partial charge in [0.1, 0.15) is 11.4 Å². The lowest BCUT2D eigenvalue weighted by atomic mass is 10.1. The van der Waals surface area contributed by atoms with E-state index in [0.29, 0.717) is 16.5 Å². The summed E-state index contributed by atoms with van der Waals surface area (Å²) in [4.78, 5) is 0. The van der Waals surface area contributed by atoms with Crippen LogP contribution in [0, 0.1) is 5.82 Å². The van der Waals surface area contributed by atoms with Crippen molar-refractivity contribution in [2.45, 2.75) is 0 Å². The van der Waals surface area contributed by atoms with Gasteiger partial charge < -0.3 is 4.42 Å². The molecule has 1 aromatic heterocycles. The van der Waals surface area contributed by atoms with Crippen molar-refractivity contribution in [3.8, 4) is 0 Å². The van der Waals surface area contributed by atoms with Gasteiger partial charge in [0.25, 0.3) is 0 Å². The molecule has 0 saturated heterocycles. The first kappa shape index (κ1) is 11.5. The number of halogens is 1. The fraction of sp³-hybridized carbons (Fsp3) is 0. The van der Waals surface area contributed by atoms with Gasteiger partial charge in [0.15, 0.2) is 0 Å². The second-order valence-corrected chi connectivity index (χ2v) is 4.03. The molecule has 1 heterocycles. The van der Waals surface area contributed by atoms with Crippen LogP contribution in [0.4, 0.5) is 10.1 Å². The molecule has 0 spiro atoms. The van der Waals surface area contributed by atoms with Crippen LogP contribution in [0.1, 0.15) is 5.56 Å². The minimum absolute atomic E-state index is 0.326. The van der Waals surface area contributed by atoms with Crippen LogP contribution in [-0.2, 0) is 0 Å². The van der Waals surface area contributed by atoms with Crippen LogP contribution < -0.4 is 5.43 Å².